The third-order valence-electron chi connectivity index (χ3n) is 2.78. The van der Waals surface area contributed by atoms with Crippen LogP contribution in [0.2, 0.25) is 0 Å². The van der Waals surface area contributed by atoms with E-state index >= 15 is 0 Å². The normalized spacial score (nSPS) is 10.7. The Hall–Kier alpha value is -0.980. The lowest BCUT2D eigenvalue weighted by molar-refractivity contribution is 0.305. The van der Waals surface area contributed by atoms with Gasteiger partial charge < -0.3 is 10.5 Å². The van der Waals surface area contributed by atoms with Crippen LogP contribution in [-0.2, 0) is 13.0 Å². The first kappa shape index (κ1) is 14.4. The van der Waals surface area contributed by atoms with Crippen molar-refractivity contribution < 1.29 is 9.13 Å². The average Bonchev–Trinajstić information content (AvgIpc) is 2.81. The molecule has 2 rings (SSSR count). The molecule has 6 heteroatoms. The lowest BCUT2D eigenvalue weighted by Gasteiger charge is -2.10. The number of aryl methyl sites for hydroxylation is 1. The summed E-state index contributed by atoms with van der Waals surface area (Å²) in [7, 11) is 0. The molecule has 2 N–H and O–H groups in total. The first-order valence-electron chi connectivity index (χ1n) is 5.82. The third kappa shape index (κ3) is 3.32. The van der Waals surface area contributed by atoms with Gasteiger partial charge in [0.15, 0.2) is 11.6 Å². The summed E-state index contributed by atoms with van der Waals surface area (Å²) in [5, 5.41) is 0. The molecule has 1 aromatic carbocycles. The molecule has 0 saturated heterocycles. The van der Waals surface area contributed by atoms with Crippen LogP contribution in [0, 0.1) is 12.7 Å². The fourth-order valence-electron chi connectivity index (χ4n) is 1.66. The lowest BCUT2D eigenvalue weighted by atomic mass is 10.2. The fourth-order valence-corrected chi connectivity index (χ4v) is 2.91. The van der Waals surface area contributed by atoms with Gasteiger partial charge in [-0.3, -0.25) is 0 Å². The van der Waals surface area contributed by atoms with Crippen molar-refractivity contribution in [3.05, 3.63) is 44.1 Å². The second-order valence-electron chi connectivity index (χ2n) is 4.01. The standard InChI is InChI=1S/C13H14BrFN2OS/c1-8-11(19-7-17-8)4-5-18-10-3-2-9(6-16)12(14)13(10)15/h2-3,7H,4-6,16H2,1H3. The quantitative estimate of drug-likeness (QED) is 0.903. The molecule has 1 aromatic heterocycles. The highest BCUT2D eigenvalue weighted by Gasteiger charge is 2.11. The second-order valence-corrected chi connectivity index (χ2v) is 5.75. The van der Waals surface area contributed by atoms with E-state index in [1.54, 1.807) is 29.0 Å². The predicted molar refractivity (Wildman–Crippen MR) is 78.0 cm³/mol. The molecule has 0 fully saturated rings. The van der Waals surface area contributed by atoms with Gasteiger partial charge in [-0.15, -0.1) is 11.3 Å². The maximum absolute atomic E-state index is 14.0. The van der Waals surface area contributed by atoms with Crippen molar-refractivity contribution in [1.82, 2.24) is 4.98 Å². The number of nitrogens with two attached hydrogens (primary N) is 1. The Bertz CT molecular complexity index is 574. The van der Waals surface area contributed by atoms with E-state index in [4.69, 9.17) is 10.5 Å². The number of nitrogens with zero attached hydrogens (tertiary/aromatic N) is 1. The summed E-state index contributed by atoms with van der Waals surface area (Å²) in [6.45, 7) is 2.67. The zero-order valence-electron chi connectivity index (χ0n) is 10.5. The molecule has 0 aliphatic carbocycles. The van der Waals surface area contributed by atoms with Gasteiger partial charge in [-0.05, 0) is 34.5 Å². The summed E-state index contributed by atoms with van der Waals surface area (Å²) >= 11 is 4.78. The highest BCUT2D eigenvalue weighted by Crippen LogP contribution is 2.28. The predicted octanol–water partition coefficient (Wildman–Crippen LogP) is 3.43. The molecule has 0 radical (unpaired) electrons. The van der Waals surface area contributed by atoms with E-state index in [-0.39, 0.29) is 12.3 Å². The lowest BCUT2D eigenvalue weighted by Crippen LogP contribution is -2.05. The number of hydrogen-bond acceptors (Lipinski definition) is 4. The fraction of sp³-hybridized carbons (Fsp3) is 0.308. The Morgan fingerprint density at radius 1 is 1.47 bits per heavy atom. The minimum Gasteiger partial charge on any atom is -0.490 e. The molecule has 102 valence electrons. The Kier molecular flexibility index (Phi) is 4.90. The van der Waals surface area contributed by atoms with Crippen molar-refractivity contribution in [3.8, 4) is 5.75 Å². The molecule has 0 aliphatic rings. The number of rotatable bonds is 5. The van der Waals surface area contributed by atoms with E-state index in [1.165, 1.54) is 0 Å². The van der Waals surface area contributed by atoms with Crippen LogP contribution >= 0.6 is 27.3 Å². The zero-order valence-corrected chi connectivity index (χ0v) is 12.9. The first-order chi connectivity index (χ1) is 9.13. The molecule has 2 aromatic rings. The van der Waals surface area contributed by atoms with E-state index in [9.17, 15) is 4.39 Å². The summed E-state index contributed by atoms with van der Waals surface area (Å²) in [6, 6.07) is 3.38. The van der Waals surface area contributed by atoms with Gasteiger partial charge in [-0.25, -0.2) is 9.37 Å². The molecule has 3 nitrogen and oxygen atoms in total. The number of hydrogen-bond donors (Lipinski definition) is 1. The monoisotopic (exact) mass is 344 g/mol. The van der Waals surface area contributed by atoms with Crippen LogP contribution < -0.4 is 10.5 Å². The van der Waals surface area contributed by atoms with Gasteiger partial charge in [0.25, 0.3) is 0 Å². The number of thiazole rings is 1. The Balaban J connectivity index is 2.00. The average molecular weight is 345 g/mol. The van der Waals surface area contributed by atoms with Crippen LogP contribution in [0.4, 0.5) is 4.39 Å². The molecule has 0 spiro atoms. The van der Waals surface area contributed by atoms with E-state index < -0.39 is 5.82 Å². The van der Waals surface area contributed by atoms with Gasteiger partial charge in [-0.1, -0.05) is 6.07 Å². The van der Waals surface area contributed by atoms with Crippen molar-refractivity contribution in [2.24, 2.45) is 5.73 Å². The molecule has 0 unspecified atom stereocenters. The molecule has 0 bridgehead atoms. The van der Waals surface area contributed by atoms with Crippen molar-refractivity contribution in [1.29, 1.82) is 0 Å². The summed E-state index contributed by atoms with van der Waals surface area (Å²) in [6.07, 6.45) is 0.728. The minimum atomic E-state index is -0.399. The molecule has 0 aliphatic heterocycles. The topological polar surface area (TPSA) is 48.1 Å². The minimum absolute atomic E-state index is 0.242. The van der Waals surface area contributed by atoms with Gasteiger partial charge in [0.2, 0.25) is 0 Å². The van der Waals surface area contributed by atoms with Crippen molar-refractivity contribution in [3.63, 3.8) is 0 Å². The molecule has 0 amide bonds. The van der Waals surface area contributed by atoms with Gasteiger partial charge in [0.1, 0.15) is 0 Å². The van der Waals surface area contributed by atoms with Crippen molar-refractivity contribution >= 4 is 27.3 Å². The largest absolute Gasteiger partial charge is 0.490 e. The summed E-state index contributed by atoms with van der Waals surface area (Å²) in [4.78, 5) is 5.33. The van der Waals surface area contributed by atoms with Crippen LogP contribution in [0.5, 0.6) is 5.75 Å². The maximum Gasteiger partial charge on any atom is 0.179 e. The highest BCUT2D eigenvalue weighted by atomic mass is 79.9. The van der Waals surface area contributed by atoms with Crippen LogP contribution in [-0.4, -0.2) is 11.6 Å². The molecule has 0 saturated carbocycles. The van der Waals surface area contributed by atoms with Crippen LogP contribution in [0.15, 0.2) is 22.1 Å². The van der Waals surface area contributed by atoms with Crippen LogP contribution in [0.1, 0.15) is 16.1 Å². The van der Waals surface area contributed by atoms with Gasteiger partial charge in [0, 0.05) is 17.8 Å². The summed E-state index contributed by atoms with van der Waals surface area (Å²) < 4.78 is 19.8. The second kappa shape index (κ2) is 6.45. The van der Waals surface area contributed by atoms with E-state index in [1.807, 2.05) is 6.92 Å². The summed E-state index contributed by atoms with van der Waals surface area (Å²) in [5.74, 6) is -0.157. The highest BCUT2D eigenvalue weighted by molar-refractivity contribution is 9.10. The number of benzene rings is 1. The van der Waals surface area contributed by atoms with Gasteiger partial charge in [0.05, 0.1) is 22.3 Å². The van der Waals surface area contributed by atoms with E-state index in [0.717, 1.165) is 22.6 Å². The van der Waals surface area contributed by atoms with Gasteiger partial charge >= 0.3 is 0 Å². The molecular weight excluding hydrogens is 331 g/mol. The van der Waals surface area contributed by atoms with Crippen LogP contribution in [0.3, 0.4) is 0 Å². The van der Waals surface area contributed by atoms with Crippen molar-refractivity contribution in [2.45, 2.75) is 19.9 Å². The Morgan fingerprint density at radius 3 is 2.89 bits per heavy atom. The molecule has 0 atom stereocenters. The number of halogens is 2. The van der Waals surface area contributed by atoms with E-state index in [0.29, 0.717) is 11.1 Å². The van der Waals surface area contributed by atoms with Gasteiger partial charge in [-0.2, -0.15) is 0 Å². The SMILES string of the molecule is Cc1ncsc1CCOc1ccc(CN)c(Br)c1F. The first-order valence-corrected chi connectivity index (χ1v) is 7.49. The zero-order chi connectivity index (χ0) is 13.8. The summed E-state index contributed by atoms with van der Waals surface area (Å²) in [5.41, 5.74) is 9.04. The Labute approximate surface area is 123 Å². The Morgan fingerprint density at radius 2 is 2.26 bits per heavy atom. The van der Waals surface area contributed by atoms with Crippen LogP contribution in [0.25, 0.3) is 0 Å². The van der Waals surface area contributed by atoms with E-state index in [2.05, 4.69) is 20.9 Å². The molecule has 19 heavy (non-hydrogen) atoms. The molecule has 1 heterocycles. The number of ether oxygens (including phenoxy) is 1. The third-order valence-corrected chi connectivity index (χ3v) is 4.63. The smallest absolute Gasteiger partial charge is 0.179 e. The molecular formula is C13H14BrFN2OS. The number of aromatic nitrogens is 1. The van der Waals surface area contributed by atoms with Crippen molar-refractivity contribution in [2.75, 3.05) is 6.61 Å². The maximum atomic E-state index is 14.0.